The number of ketones is 1. The van der Waals surface area contributed by atoms with Crippen LogP contribution >= 0.6 is 0 Å². The van der Waals surface area contributed by atoms with Crippen LogP contribution in [0.3, 0.4) is 0 Å². The maximum Gasteiger partial charge on any atom is 0.147 e. The lowest BCUT2D eigenvalue weighted by atomic mass is 9.45. The van der Waals surface area contributed by atoms with Gasteiger partial charge < -0.3 is 9.47 Å². The van der Waals surface area contributed by atoms with Crippen LogP contribution in [0.1, 0.15) is 78.6 Å². The summed E-state index contributed by atoms with van der Waals surface area (Å²) in [5, 5.41) is 0. The first kappa shape index (κ1) is 18.0. The number of ether oxygens (including phenoxy) is 2. The van der Waals surface area contributed by atoms with Crippen LogP contribution in [0.15, 0.2) is 0 Å². The van der Waals surface area contributed by atoms with Crippen molar-refractivity contribution in [3.63, 3.8) is 0 Å². The molecule has 7 atom stereocenters. The first-order chi connectivity index (χ1) is 12.0. The minimum atomic E-state index is 0.0160. The minimum absolute atomic E-state index is 0.0160. The molecule has 0 spiro atoms. The summed E-state index contributed by atoms with van der Waals surface area (Å²) in [4.78, 5) is 12.5. The molecule has 0 N–H and O–H groups in total. The maximum atomic E-state index is 12.5. The van der Waals surface area contributed by atoms with Crippen molar-refractivity contribution in [1.29, 1.82) is 0 Å². The van der Waals surface area contributed by atoms with Crippen molar-refractivity contribution < 1.29 is 14.3 Å². The fraction of sp³-hybridized carbons (Fsp3) is 0.955. The van der Waals surface area contributed by atoms with Crippen LogP contribution in [-0.4, -0.2) is 25.3 Å². The van der Waals surface area contributed by atoms with Gasteiger partial charge in [-0.15, -0.1) is 0 Å². The first-order valence-electron chi connectivity index (χ1n) is 10.7. The molecule has 0 aromatic heterocycles. The molecule has 0 aromatic rings. The quantitative estimate of drug-likeness (QED) is 0.531. The molecule has 0 bridgehead atoms. The lowest BCUT2D eigenvalue weighted by molar-refractivity contribution is -0.157. The van der Waals surface area contributed by atoms with Gasteiger partial charge in [0.2, 0.25) is 0 Å². The molecular weight excluding hydrogens is 312 g/mol. The summed E-state index contributed by atoms with van der Waals surface area (Å²) < 4.78 is 11.4. The van der Waals surface area contributed by atoms with Crippen molar-refractivity contribution in [2.75, 3.05) is 13.4 Å². The van der Waals surface area contributed by atoms with Crippen molar-refractivity contribution in [2.24, 2.45) is 34.5 Å². The molecule has 4 saturated carbocycles. The highest BCUT2D eigenvalue weighted by molar-refractivity contribution is 5.87. The van der Waals surface area contributed by atoms with E-state index in [0.717, 1.165) is 43.6 Å². The second-order valence-corrected chi connectivity index (χ2v) is 9.75. The number of hydrogen-bond donors (Lipinski definition) is 0. The van der Waals surface area contributed by atoms with Crippen LogP contribution in [0.5, 0.6) is 0 Å². The van der Waals surface area contributed by atoms with E-state index in [-0.39, 0.29) is 5.41 Å². The number of carbonyl (C=O) groups excluding carboxylic acids is 1. The molecule has 3 heteroatoms. The fourth-order valence-electron chi connectivity index (χ4n) is 7.37. The van der Waals surface area contributed by atoms with E-state index in [2.05, 4.69) is 13.8 Å². The van der Waals surface area contributed by atoms with Gasteiger partial charge in [0.15, 0.2) is 0 Å². The highest BCUT2D eigenvalue weighted by atomic mass is 16.7. The Hall–Kier alpha value is -0.410. The number of fused-ring (bicyclic) bond motifs is 5. The van der Waals surface area contributed by atoms with Gasteiger partial charge in [0.05, 0.1) is 6.10 Å². The van der Waals surface area contributed by atoms with Gasteiger partial charge in [0.25, 0.3) is 0 Å². The van der Waals surface area contributed by atoms with Gasteiger partial charge in [-0.2, -0.15) is 0 Å². The van der Waals surface area contributed by atoms with Gasteiger partial charge in [0, 0.05) is 18.4 Å². The maximum absolute atomic E-state index is 12.5. The van der Waals surface area contributed by atoms with Crippen molar-refractivity contribution in [1.82, 2.24) is 0 Å². The summed E-state index contributed by atoms with van der Waals surface area (Å²) in [5.74, 6) is 3.67. The summed E-state index contributed by atoms with van der Waals surface area (Å²) >= 11 is 0. The smallest absolute Gasteiger partial charge is 0.147 e. The molecule has 0 radical (unpaired) electrons. The third-order valence-electron chi connectivity index (χ3n) is 8.92. The van der Waals surface area contributed by atoms with Gasteiger partial charge in [-0.1, -0.05) is 13.8 Å². The Bertz CT molecular complexity index is 517. The second-order valence-electron chi connectivity index (χ2n) is 9.75. The average Bonchev–Trinajstić information content (AvgIpc) is 2.90. The molecular formula is C22H36O3. The zero-order valence-electron chi connectivity index (χ0n) is 16.4. The summed E-state index contributed by atoms with van der Waals surface area (Å²) in [7, 11) is 0. The molecule has 4 rings (SSSR count). The van der Waals surface area contributed by atoms with Gasteiger partial charge >= 0.3 is 0 Å². The number of rotatable bonds is 4. The van der Waals surface area contributed by atoms with Crippen LogP contribution < -0.4 is 0 Å². The molecule has 0 aromatic carbocycles. The van der Waals surface area contributed by atoms with E-state index in [9.17, 15) is 4.79 Å². The Morgan fingerprint density at radius 1 is 1.04 bits per heavy atom. The molecule has 4 aliphatic rings. The first-order valence-corrected chi connectivity index (χ1v) is 10.7. The Morgan fingerprint density at radius 2 is 1.88 bits per heavy atom. The van der Waals surface area contributed by atoms with Gasteiger partial charge in [-0.25, -0.2) is 0 Å². The normalized spacial score (nSPS) is 49.4. The van der Waals surface area contributed by atoms with E-state index < -0.39 is 0 Å². The Morgan fingerprint density at radius 3 is 2.68 bits per heavy atom. The number of hydrogen-bond acceptors (Lipinski definition) is 3. The Kier molecular flexibility index (Phi) is 4.77. The molecule has 0 amide bonds. The summed E-state index contributed by atoms with van der Waals surface area (Å²) in [5.41, 5.74) is 0.490. The molecule has 3 nitrogen and oxygen atoms in total. The molecule has 142 valence electrons. The largest absolute Gasteiger partial charge is 0.356 e. The van der Waals surface area contributed by atoms with E-state index >= 15 is 0 Å². The van der Waals surface area contributed by atoms with Crippen LogP contribution in [0.25, 0.3) is 0 Å². The highest BCUT2D eigenvalue weighted by Crippen LogP contribution is 2.65. The average molecular weight is 349 g/mol. The van der Waals surface area contributed by atoms with E-state index in [1.807, 2.05) is 6.92 Å². The summed E-state index contributed by atoms with van der Waals surface area (Å²) in [6.07, 6.45) is 11.2. The molecule has 4 fully saturated rings. The molecule has 25 heavy (non-hydrogen) atoms. The van der Waals surface area contributed by atoms with Crippen LogP contribution in [0, 0.1) is 34.5 Å². The van der Waals surface area contributed by atoms with Crippen molar-refractivity contribution in [3.05, 3.63) is 0 Å². The second kappa shape index (κ2) is 6.64. The predicted molar refractivity (Wildman–Crippen MR) is 98.1 cm³/mol. The van der Waals surface area contributed by atoms with E-state index in [1.165, 1.54) is 38.5 Å². The van der Waals surface area contributed by atoms with E-state index in [1.54, 1.807) is 0 Å². The van der Waals surface area contributed by atoms with Crippen LogP contribution in [-0.2, 0) is 14.3 Å². The van der Waals surface area contributed by atoms with Gasteiger partial charge in [-0.3, -0.25) is 4.79 Å². The number of Topliss-reactive ketones (excluding diaryl/α,β-unsaturated/α-hetero) is 1. The highest BCUT2D eigenvalue weighted by Gasteiger charge is 2.60. The lowest BCUT2D eigenvalue weighted by Crippen LogP contribution is -2.54. The Balaban J connectivity index is 1.46. The van der Waals surface area contributed by atoms with Crippen LogP contribution in [0.2, 0.25) is 0 Å². The summed E-state index contributed by atoms with van der Waals surface area (Å²) in [6, 6.07) is 0. The standard InChI is InChI=1S/C22H36O3/c1-4-24-14-25-16-9-11-21(2)15(13-16)5-6-17-18-7-8-20(23)22(18,3)12-10-19(17)21/h15-19H,4-14H2,1-3H3/t15?,16?,17-,18-,19+,21-,22-/m0/s1. The third kappa shape index (κ3) is 2.81. The van der Waals surface area contributed by atoms with E-state index in [0.29, 0.717) is 30.0 Å². The zero-order chi connectivity index (χ0) is 17.7. The number of carbonyl (C=O) groups is 1. The molecule has 0 aliphatic heterocycles. The minimum Gasteiger partial charge on any atom is -0.356 e. The molecule has 2 unspecified atom stereocenters. The van der Waals surface area contributed by atoms with Crippen molar-refractivity contribution in [3.8, 4) is 0 Å². The molecule has 0 heterocycles. The van der Waals surface area contributed by atoms with Crippen molar-refractivity contribution >= 4 is 5.78 Å². The fourth-order valence-corrected chi connectivity index (χ4v) is 7.37. The van der Waals surface area contributed by atoms with E-state index in [4.69, 9.17) is 9.47 Å². The van der Waals surface area contributed by atoms with Crippen molar-refractivity contribution in [2.45, 2.75) is 84.7 Å². The monoisotopic (exact) mass is 348 g/mol. The topological polar surface area (TPSA) is 35.5 Å². The Labute approximate surface area is 153 Å². The van der Waals surface area contributed by atoms with Gasteiger partial charge in [-0.05, 0) is 87.4 Å². The third-order valence-corrected chi connectivity index (χ3v) is 8.92. The predicted octanol–water partition coefficient (Wildman–Crippen LogP) is 4.98. The molecule has 4 aliphatic carbocycles. The zero-order valence-corrected chi connectivity index (χ0v) is 16.4. The van der Waals surface area contributed by atoms with Gasteiger partial charge in [0.1, 0.15) is 12.6 Å². The van der Waals surface area contributed by atoms with Crippen LogP contribution in [0.4, 0.5) is 0 Å². The summed E-state index contributed by atoms with van der Waals surface area (Å²) in [6.45, 7) is 8.08. The SMILES string of the molecule is CCOCOC1CC[C@@]2(C)C(CC[C@@H]3[C@H]2CC[C@]2(C)C(=O)CC[C@@H]32)C1. The molecule has 0 saturated heterocycles. The lowest BCUT2D eigenvalue weighted by Gasteiger charge is -2.60.